The Labute approximate surface area is 308 Å². The number of hydrogen-bond acceptors (Lipinski definition) is 10. The number of aliphatic imine (C=N–C) groups is 1. The van der Waals surface area contributed by atoms with Gasteiger partial charge in [0.15, 0.2) is 23.0 Å². The third-order valence-corrected chi connectivity index (χ3v) is 11.2. The Hall–Kier alpha value is -3.90. The summed E-state index contributed by atoms with van der Waals surface area (Å²) < 4.78 is 24.6. The number of halogens is 1. The molecule has 2 saturated heterocycles. The van der Waals surface area contributed by atoms with Crippen molar-refractivity contribution in [3.63, 3.8) is 0 Å². The number of methoxy groups -OCH3 is 2. The number of carbonyl (C=O) groups excluding carboxylic acids is 1. The molecule has 0 radical (unpaired) electrons. The maximum Gasteiger partial charge on any atom is 0.256 e. The number of thiazole rings is 1. The summed E-state index contributed by atoms with van der Waals surface area (Å²) in [6.45, 7) is 8.53. The lowest BCUT2D eigenvalue weighted by molar-refractivity contribution is 0.0774. The molecule has 0 spiro atoms. The average Bonchev–Trinajstić information content (AvgIpc) is 3.78. The van der Waals surface area contributed by atoms with E-state index in [0.717, 1.165) is 111 Å². The van der Waals surface area contributed by atoms with Crippen molar-refractivity contribution in [2.24, 2.45) is 4.99 Å². The summed E-state index contributed by atoms with van der Waals surface area (Å²) in [4.78, 5) is 29.5. The standard InChI is InChI=1S/C39H46ClN5O5S/c1-47-34-22-27(38-42-31-11-10-28(40)23-37(31)51-38)9-12-33(34)49-20-5-3-13-43-16-18-44(19-17-43)14-4-6-21-50-36-25-32-30(24-35(36)48-2)39(46)45-15-7-8-29(45)26-41-32/h9-12,22-26,29H,3-8,13-21H2,1-2H3. The predicted octanol–water partition coefficient (Wildman–Crippen LogP) is 7.59. The Kier molecular flexibility index (Phi) is 11.6. The number of rotatable bonds is 15. The highest BCUT2D eigenvalue weighted by molar-refractivity contribution is 7.21. The van der Waals surface area contributed by atoms with Gasteiger partial charge >= 0.3 is 0 Å². The average molecular weight is 732 g/mol. The van der Waals surface area contributed by atoms with E-state index in [-0.39, 0.29) is 11.9 Å². The van der Waals surface area contributed by atoms with Crippen molar-refractivity contribution in [3.05, 3.63) is 59.1 Å². The first-order valence-corrected chi connectivity index (χ1v) is 19.2. The smallest absolute Gasteiger partial charge is 0.256 e. The molecule has 3 aliphatic rings. The van der Waals surface area contributed by atoms with Crippen LogP contribution in [0.4, 0.5) is 5.69 Å². The molecule has 0 aliphatic carbocycles. The van der Waals surface area contributed by atoms with E-state index < -0.39 is 0 Å². The zero-order chi connectivity index (χ0) is 35.2. The van der Waals surface area contributed by atoms with Crippen LogP contribution in [0, 0.1) is 0 Å². The van der Waals surface area contributed by atoms with Gasteiger partial charge < -0.3 is 33.6 Å². The fraction of sp³-hybridized carbons (Fsp3) is 0.462. The van der Waals surface area contributed by atoms with Crippen molar-refractivity contribution in [1.29, 1.82) is 0 Å². The quantitative estimate of drug-likeness (QED) is 0.116. The van der Waals surface area contributed by atoms with E-state index in [1.807, 2.05) is 53.6 Å². The van der Waals surface area contributed by atoms with Gasteiger partial charge in [0.2, 0.25) is 0 Å². The zero-order valence-electron chi connectivity index (χ0n) is 29.4. The van der Waals surface area contributed by atoms with Crippen LogP contribution >= 0.6 is 22.9 Å². The molecule has 10 nitrogen and oxygen atoms in total. The minimum Gasteiger partial charge on any atom is -0.493 e. The van der Waals surface area contributed by atoms with Crippen LogP contribution in [0.1, 0.15) is 48.9 Å². The Balaban J connectivity index is 0.781. The summed E-state index contributed by atoms with van der Waals surface area (Å²) in [5.74, 6) is 2.73. The molecule has 1 amide bonds. The maximum absolute atomic E-state index is 13.1. The van der Waals surface area contributed by atoms with Gasteiger partial charge in [-0.3, -0.25) is 9.79 Å². The van der Waals surface area contributed by atoms with E-state index >= 15 is 0 Å². The second-order valence-corrected chi connectivity index (χ2v) is 14.8. The Morgan fingerprint density at radius 1 is 0.804 bits per heavy atom. The molecule has 0 N–H and O–H groups in total. The summed E-state index contributed by atoms with van der Waals surface area (Å²) in [5.41, 5.74) is 3.19. The van der Waals surface area contributed by atoms with Crippen LogP contribution in [0.5, 0.6) is 23.0 Å². The van der Waals surface area contributed by atoms with E-state index in [9.17, 15) is 4.79 Å². The van der Waals surface area contributed by atoms with E-state index in [1.165, 1.54) is 0 Å². The number of nitrogens with zero attached hydrogens (tertiary/aromatic N) is 5. The lowest BCUT2D eigenvalue weighted by atomic mass is 10.1. The van der Waals surface area contributed by atoms with Crippen LogP contribution in [0.2, 0.25) is 5.02 Å². The first-order chi connectivity index (χ1) is 25.0. The molecule has 3 aromatic carbocycles. The van der Waals surface area contributed by atoms with Crippen molar-refractivity contribution in [2.75, 3.05) is 73.2 Å². The van der Waals surface area contributed by atoms with Crippen molar-refractivity contribution in [3.8, 4) is 33.6 Å². The lowest BCUT2D eigenvalue weighted by Gasteiger charge is -2.34. The van der Waals surface area contributed by atoms with Crippen molar-refractivity contribution < 1.29 is 23.7 Å². The fourth-order valence-electron chi connectivity index (χ4n) is 7.04. The molecule has 7 rings (SSSR count). The number of fused-ring (bicyclic) bond motifs is 3. The van der Waals surface area contributed by atoms with Crippen LogP contribution in [0.25, 0.3) is 20.8 Å². The number of ether oxygens (including phenoxy) is 4. The van der Waals surface area contributed by atoms with Crippen molar-refractivity contribution in [1.82, 2.24) is 19.7 Å². The predicted molar refractivity (Wildman–Crippen MR) is 204 cm³/mol. The second kappa shape index (κ2) is 16.6. The second-order valence-electron chi connectivity index (χ2n) is 13.3. The molecule has 3 aliphatic heterocycles. The summed E-state index contributed by atoms with van der Waals surface area (Å²) >= 11 is 7.78. The molecule has 270 valence electrons. The number of carbonyl (C=O) groups is 1. The number of aromatic nitrogens is 1. The maximum atomic E-state index is 13.1. The molecular weight excluding hydrogens is 686 g/mol. The number of amides is 1. The molecule has 4 heterocycles. The van der Waals surface area contributed by atoms with Gasteiger partial charge in [-0.25, -0.2) is 4.98 Å². The molecule has 1 unspecified atom stereocenters. The lowest BCUT2D eigenvalue weighted by Crippen LogP contribution is -2.46. The SMILES string of the molecule is COc1cc(-c2nc3ccc(Cl)cc3s2)ccc1OCCCCN1CCN(CCCCOc2cc3c(cc2OC)C(=O)N2CCCC2C=N3)CC1. The van der Waals surface area contributed by atoms with Gasteiger partial charge in [-0.2, -0.15) is 0 Å². The molecule has 0 saturated carbocycles. The number of benzene rings is 3. The third-order valence-electron chi connectivity index (χ3n) is 9.94. The largest absolute Gasteiger partial charge is 0.493 e. The van der Waals surface area contributed by atoms with Crippen LogP contribution in [-0.2, 0) is 0 Å². The van der Waals surface area contributed by atoms with Gasteiger partial charge in [-0.1, -0.05) is 11.6 Å². The zero-order valence-corrected chi connectivity index (χ0v) is 31.0. The minimum absolute atomic E-state index is 0.0246. The molecule has 1 aromatic heterocycles. The highest BCUT2D eigenvalue weighted by atomic mass is 35.5. The Morgan fingerprint density at radius 3 is 2.24 bits per heavy atom. The summed E-state index contributed by atoms with van der Waals surface area (Å²) in [7, 11) is 3.29. The van der Waals surface area contributed by atoms with Crippen LogP contribution in [0.15, 0.2) is 53.5 Å². The summed E-state index contributed by atoms with van der Waals surface area (Å²) in [6.07, 6.45) is 7.98. The highest BCUT2D eigenvalue weighted by Crippen LogP contribution is 2.39. The van der Waals surface area contributed by atoms with Gasteiger partial charge in [-0.05, 0) is 94.1 Å². The molecule has 2 fully saturated rings. The molecule has 51 heavy (non-hydrogen) atoms. The third kappa shape index (κ3) is 8.43. The van der Waals surface area contributed by atoms with Gasteiger partial charge in [-0.15, -0.1) is 11.3 Å². The molecule has 4 aromatic rings. The summed E-state index contributed by atoms with van der Waals surface area (Å²) in [5, 5.41) is 1.65. The van der Waals surface area contributed by atoms with E-state index in [0.29, 0.717) is 46.7 Å². The molecule has 0 bridgehead atoms. The highest BCUT2D eigenvalue weighted by Gasteiger charge is 2.32. The Morgan fingerprint density at radius 2 is 1.51 bits per heavy atom. The van der Waals surface area contributed by atoms with Gasteiger partial charge in [0.1, 0.15) is 5.01 Å². The fourth-order valence-corrected chi connectivity index (χ4v) is 8.28. The summed E-state index contributed by atoms with van der Waals surface area (Å²) in [6, 6.07) is 15.5. The van der Waals surface area contributed by atoms with Crippen LogP contribution in [-0.4, -0.2) is 111 Å². The van der Waals surface area contributed by atoms with Gasteiger partial charge in [0.25, 0.3) is 5.91 Å². The van der Waals surface area contributed by atoms with E-state index in [2.05, 4.69) is 14.8 Å². The van der Waals surface area contributed by atoms with Gasteiger partial charge in [0.05, 0.1) is 54.9 Å². The normalized spacial score (nSPS) is 17.7. The monoisotopic (exact) mass is 731 g/mol. The molecular formula is C39H46ClN5O5S. The molecule has 12 heteroatoms. The minimum atomic E-state index is 0.0246. The Bertz CT molecular complexity index is 1860. The van der Waals surface area contributed by atoms with Crippen molar-refractivity contribution >= 4 is 51.0 Å². The first kappa shape index (κ1) is 35.5. The topological polar surface area (TPSA) is 89.0 Å². The number of hydrogen-bond donors (Lipinski definition) is 0. The number of piperazine rings is 1. The van der Waals surface area contributed by atoms with E-state index in [4.69, 9.17) is 35.5 Å². The number of unbranched alkanes of at least 4 members (excludes halogenated alkanes) is 2. The van der Waals surface area contributed by atoms with Gasteiger partial charge in [0, 0.05) is 55.6 Å². The van der Waals surface area contributed by atoms with Crippen LogP contribution in [0.3, 0.4) is 0 Å². The first-order valence-electron chi connectivity index (χ1n) is 18.0. The van der Waals surface area contributed by atoms with Crippen LogP contribution < -0.4 is 18.9 Å². The molecule has 1 atom stereocenters. The van der Waals surface area contributed by atoms with Crippen molar-refractivity contribution in [2.45, 2.75) is 44.6 Å². The van der Waals surface area contributed by atoms with E-state index in [1.54, 1.807) is 31.6 Å².